The normalized spacial score (nSPS) is 14.7. The average molecular weight is 242 g/mol. The third kappa shape index (κ3) is 2.70. The second-order valence-corrected chi connectivity index (χ2v) is 4.78. The van der Waals surface area contributed by atoms with Crippen LogP contribution in [0.2, 0.25) is 0 Å². The van der Waals surface area contributed by atoms with E-state index in [1.807, 2.05) is 24.5 Å². The van der Waals surface area contributed by atoms with Gasteiger partial charge in [0.25, 0.3) is 0 Å². The molecule has 1 aliphatic carbocycles. The van der Waals surface area contributed by atoms with E-state index in [1.165, 1.54) is 18.5 Å². The lowest BCUT2D eigenvalue weighted by Gasteiger charge is -2.06. The van der Waals surface area contributed by atoms with Gasteiger partial charge >= 0.3 is 0 Å². The Labute approximate surface area is 107 Å². The highest BCUT2D eigenvalue weighted by Gasteiger charge is 2.25. The van der Waals surface area contributed by atoms with Gasteiger partial charge in [0, 0.05) is 24.7 Å². The van der Waals surface area contributed by atoms with Gasteiger partial charge in [0.15, 0.2) is 0 Å². The van der Waals surface area contributed by atoms with Crippen LogP contribution in [0, 0.1) is 0 Å². The van der Waals surface area contributed by atoms with Gasteiger partial charge in [-0.1, -0.05) is 18.2 Å². The van der Waals surface area contributed by atoms with E-state index >= 15 is 0 Å². The van der Waals surface area contributed by atoms with Gasteiger partial charge in [-0.15, -0.1) is 10.2 Å². The van der Waals surface area contributed by atoms with Crippen molar-refractivity contribution in [3.8, 4) is 0 Å². The molecule has 0 unspecified atom stereocenters. The topological polar surface area (TPSA) is 42.7 Å². The highest BCUT2D eigenvalue weighted by Crippen LogP contribution is 2.35. The first-order chi connectivity index (χ1) is 8.93. The molecule has 1 fully saturated rings. The summed E-state index contributed by atoms with van der Waals surface area (Å²) in [6.45, 7) is 0.974. The predicted octanol–water partition coefficient (Wildman–Crippen LogP) is 2.66. The number of nitrogens with one attached hydrogen (secondary N) is 1. The van der Waals surface area contributed by atoms with Crippen molar-refractivity contribution in [2.45, 2.75) is 31.7 Å². The molecule has 1 aliphatic rings. The summed E-state index contributed by atoms with van der Waals surface area (Å²) in [7, 11) is 0. The molecule has 0 atom stereocenters. The molecule has 4 nitrogen and oxygen atoms in total. The lowest BCUT2D eigenvalue weighted by atomic mass is 10.2. The molecule has 1 aromatic heterocycles. The van der Waals surface area contributed by atoms with E-state index in [2.05, 4.69) is 32.2 Å². The number of nitrogens with zero attached hydrogens (tertiary/aromatic N) is 3. The van der Waals surface area contributed by atoms with Crippen LogP contribution in [0.1, 0.15) is 31.1 Å². The monoisotopic (exact) mass is 242 g/mol. The minimum absolute atomic E-state index is 0.678. The second-order valence-electron chi connectivity index (χ2n) is 4.78. The number of para-hydroxylation sites is 1. The predicted molar refractivity (Wildman–Crippen MR) is 71.5 cm³/mol. The first-order valence-corrected chi connectivity index (χ1v) is 6.61. The van der Waals surface area contributed by atoms with Crippen LogP contribution in [0.15, 0.2) is 36.7 Å². The molecule has 2 aromatic rings. The molecular weight excluding hydrogens is 224 g/mol. The lowest BCUT2D eigenvalue weighted by Crippen LogP contribution is -2.06. The fourth-order valence-corrected chi connectivity index (χ4v) is 2.14. The minimum atomic E-state index is 0.678. The molecule has 0 bridgehead atoms. The third-order valence-electron chi connectivity index (χ3n) is 3.27. The second kappa shape index (κ2) is 5.21. The van der Waals surface area contributed by atoms with Crippen molar-refractivity contribution in [1.29, 1.82) is 0 Å². The van der Waals surface area contributed by atoms with E-state index in [-0.39, 0.29) is 0 Å². The van der Waals surface area contributed by atoms with E-state index in [4.69, 9.17) is 0 Å². The Morgan fingerprint density at radius 1 is 1.22 bits per heavy atom. The Morgan fingerprint density at radius 2 is 2.06 bits per heavy atom. The van der Waals surface area contributed by atoms with Crippen molar-refractivity contribution >= 4 is 5.69 Å². The minimum Gasteiger partial charge on any atom is -0.385 e. The van der Waals surface area contributed by atoms with Gasteiger partial charge in [0.1, 0.15) is 12.2 Å². The smallest absolute Gasteiger partial charge is 0.133 e. The number of anilines is 1. The maximum absolute atomic E-state index is 4.21. The molecule has 1 aromatic carbocycles. The number of aromatic nitrogens is 3. The largest absolute Gasteiger partial charge is 0.385 e. The van der Waals surface area contributed by atoms with E-state index in [9.17, 15) is 0 Å². The molecule has 0 saturated heterocycles. The average Bonchev–Trinajstić information content (AvgIpc) is 3.16. The van der Waals surface area contributed by atoms with Crippen molar-refractivity contribution in [1.82, 2.24) is 14.8 Å². The summed E-state index contributed by atoms with van der Waals surface area (Å²) >= 11 is 0. The summed E-state index contributed by atoms with van der Waals surface area (Å²) in [6.07, 6.45) is 6.52. The zero-order valence-corrected chi connectivity index (χ0v) is 10.4. The first-order valence-electron chi connectivity index (χ1n) is 6.61. The summed E-state index contributed by atoms with van der Waals surface area (Å²) in [5.41, 5.74) is 1.18. The van der Waals surface area contributed by atoms with E-state index in [0.29, 0.717) is 6.04 Å². The molecule has 1 saturated carbocycles. The molecule has 94 valence electrons. The SMILES string of the molecule is c1ccc(NCCCc2nncn2C2CC2)cc1. The van der Waals surface area contributed by atoms with Crippen molar-refractivity contribution in [3.05, 3.63) is 42.5 Å². The van der Waals surface area contributed by atoms with Crippen LogP contribution >= 0.6 is 0 Å². The van der Waals surface area contributed by atoms with Gasteiger partial charge in [-0.25, -0.2) is 0 Å². The van der Waals surface area contributed by atoms with E-state index in [1.54, 1.807) is 0 Å². The van der Waals surface area contributed by atoms with Crippen molar-refractivity contribution in [2.75, 3.05) is 11.9 Å². The van der Waals surface area contributed by atoms with Crippen LogP contribution in [-0.2, 0) is 6.42 Å². The Kier molecular flexibility index (Phi) is 3.26. The molecule has 0 aliphatic heterocycles. The van der Waals surface area contributed by atoms with Crippen LogP contribution < -0.4 is 5.32 Å². The molecule has 4 heteroatoms. The standard InChI is InChI=1S/C14H18N4/c1-2-5-12(6-3-1)15-10-4-7-14-17-16-11-18(14)13-8-9-13/h1-3,5-6,11,13,15H,4,7-10H2. The van der Waals surface area contributed by atoms with Gasteiger partial charge in [-0.3, -0.25) is 0 Å². The lowest BCUT2D eigenvalue weighted by molar-refractivity contribution is 0.663. The van der Waals surface area contributed by atoms with Crippen molar-refractivity contribution in [2.24, 2.45) is 0 Å². The number of hydrogen-bond donors (Lipinski definition) is 1. The molecule has 3 rings (SSSR count). The summed E-state index contributed by atoms with van der Waals surface area (Å²) in [6, 6.07) is 11.0. The van der Waals surface area contributed by atoms with Gasteiger partial charge in [0.05, 0.1) is 0 Å². The number of aryl methyl sites for hydroxylation is 1. The van der Waals surface area contributed by atoms with E-state index in [0.717, 1.165) is 25.2 Å². The van der Waals surface area contributed by atoms with Crippen LogP contribution in [0.4, 0.5) is 5.69 Å². The molecule has 0 spiro atoms. The Balaban J connectivity index is 1.45. The van der Waals surface area contributed by atoms with Gasteiger partial charge in [-0.05, 0) is 31.4 Å². The zero-order chi connectivity index (χ0) is 12.2. The van der Waals surface area contributed by atoms with Crippen LogP contribution in [0.5, 0.6) is 0 Å². The summed E-state index contributed by atoms with van der Waals surface area (Å²) in [5, 5.41) is 11.6. The quantitative estimate of drug-likeness (QED) is 0.792. The molecule has 18 heavy (non-hydrogen) atoms. The molecule has 1 N–H and O–H groups in total. The Hall–Kier alpha value is -1.84. The van der Waals surface area contributed by atoms with Crippen molar-refractivity contribution in [3.63, 3.8) is 0 Å². The van der Waals surface area contributed by atoms with Crippen molar-refractivity contribution < 1.29 is 0 Å². The van der Waals surface area contributed by atoms with E-state index < -0.39 is 0 Å². The molecular formula is C14H18N4. The Bertz CT molecular complexity index is 488. The fraction of sp³-hybridized carbons (Fsp3) is 0.429. The highest BCUT2D eigenvalue weighted by molar-refractivity contribution is 5.42. The highest BCUT2D eigenvalue weighted by atomic mass is 15.3. The molecule has 0 radical (unpaired) electrons. The Morgan fingerprint density at radius 3 is 2.83 bits per heavy atom. The van der Waals surface area contributed by atoms with Crippen LogP contribution in [0.25, 0.3) is 0 Å². The number of hydrogen-bond acceptors (Lipinski definition) is 3. The summed E-state index contributed by atoms with van der Waals surface area (Å²) < 4.78 is 2.24. The summed E-state index contributed by atoms with van der Waals surface area (Å²) in [4.78, 5) is 0. The van der Waals surface area contributed by atoms with Crippen LogP contribution in [0.3, 0.4) is 0 Å². The number of benzene rings is 1. The van der Waals surface area contributed by atoms with Crippen LogP contribution in [-0.4, -0.2) is 21.3 Å². The molecule has 0 amide bonds. The maximum atomic E-state index is 4.21. The fourth-order valence-electron chi connectivity index (χ4n) is 2.14. The zero-order valence-electron chi connectivity index (χ0n) is 10.4. The number of rotatable bonds is 6. The maximum Gasteiger partial charge on any atom is 0.133 e. The first kappa shape index (κ1) is 11.3. The molecule has 1 heterocycles. The van der Waals surface area contributed by atoms with Gasteiger partial charge in [0.2, 0.25) is 0 Å². The van der Waals surface area contributed by atoms with Gasteiger partial charge < -0.3 is 9.88 Å². The van der Waals surface area contributed by atoms with Gasteiger partial charge in [-0.2, -0.15) is 0 Å². The third-order valence-corrected chi connectivity index (χ3v) is 3.27. The summed E-state index contributed by atoms with van der Waals surface area (Å²) in [5.74, 6) is 1.13.